The number of benzene rings is 5. The van der Waals surface area contributed by atoms with Crippen LogP contribution in [0.25, 0.3) is 66.4 Å². The van der Waals surface area contributed by atoms with Crippen LogP contribution in [0.4, 0.5) is 0 Å². The summed E-state index contributed by atoms with van der Waals surface area (Å²) in [6, 6.07) is 38.9. The number of pyridine rings is 1. The zero-order chi connectivity index (χ0) is 34.9. The highest BCUT2D eigenvalue weighted by molar-refractivity contribution is 6.11. The summed E-state index contributed by atoms with van der Waals surface area (Å²) in [7, 11) is 0. The summed E-state index contributed by atoms with van der Waals surface area (Å²) in [5, 5.41) is 24.7. The van der Waals surface area contributed by atoms with Gasteiger partial charge in [0.15, 0.2) is 11.6 Å². The largest absolute Gasteiger partial charge is 0.293 e. The Kier molecular flexibility index (Phi) is 4.38. The molecule has 3 aromatic heterocycles. The molecule has 44 heavy (non-hydrogen) atoms. The average molecular weight is 570 g/mol. The van der Waals surface area contributed by atoms with Crippen molar-refractivity contribution in [3.8, 4) is 34.9 Å². The second-order valence-electron chi connectivity index (χ2n) is 10.6. The van der Waals surface area contributed by atoms with Gasteiger partial charge in [0.05, 0.1) is 22.1 Å². The highest BCUT2D eigenvalue weighted by atomic mass is 15.1. The van der Waals surface area contributed by atoms with Crippen molar-refractivity contribution in [3.63, 3.8) is 0 Å². The molecule has 0 bridgehead atoms. The Hall–Kier alpha value is -6.17. The molecule has 0 radical (unpaired) electrons. The zero-order valence-electron chi connectivity index (χ0n) is 29.2. The molecule has 0 amide bonds. The number of aryl methyl sites for hydroxylation is 2. The molecule has 5 aromatic carbocycles. The molecular weight excluding hydrogens is 538 g/mol. The topological polar surface area (TPSA) is 70.3 Å². The van der Waals surface area contributed by atoms with Crippen molar-refractivity contribution >= 4 is 43.6 Å². The van der Waals surface area contributed by atoms with Crippen molar-refractivity contribution in [1.29, 1.82) is 10.5 Å². The van der Waals surface area contributed by atoms with E-state index in [4.69, 9.17) is 13.2 Å². The van der Waals surface area contributed by atoms with Gasteiger partial charge in [-0.2, -0.15) is 10.5 Å². The van der Waals surface area contributed by atoms with Gasteiger partial charge in [0.1, 0.15) is 23.3 Å². The standard InChI is InChI=1S/C39H25N5/c1-24-16-18-35-29(20-24)27-12-6-8-14-33(27)43(35)38-31(22-40)37(26-10-4-3-5-11-26)32(23-41)39(42-38)44-34-15-9-7-13-28(34)30-21-25(2)17-19-36(30)44/h3-21H,1-2H3/i1D3,2D3. The molecule has 0 N–H and O–H groups in total. The first-order valence-corrected chi connectivity index (χ1v) is 14.0. The number of fused-ring (bicyclic) bond motifs is 6. The fourth-order valence-electron chi connectivity index (χ4n) is 6.39. The molecule has 8 aromatic rings. The van der Waals surface area contributed by atoms with Gasteiger partial charge in [-0.1, -0.05) is 90.0 Å². The van der Waals surface area contributed by atoms with Crippen molar-refractivity contribution < 1.29 is 8.22 Å². The maximum atomic E-state index is 10.9. The first kappa shape index (κ1) is 19.9. The third-order valence-electron chi connectivity index (χ3n) is 8.21. The van der Waals surface area contributed by atoms with E-state index in [0.717, 1.165) is 10.8 Å². The van der Waals surface area contributed by atoms with Crippen molar-refractivity contribution in [3.05, 3.63) is 138 Å². The minimum atomic E-state index is -2.33. The van der Waals surface area contributed by atoms with Crippen LogP contribution in [0.15, 0.2) is 115 Å². The summed E-state index contributed by atoms with van der Waals surface area (Å²) in [4.78, 5) is 5.19. The highest BCUT2D eigenvalue weighted by Gasteiger charge is 2.27. The molecule has 0 spiro atoms. The molecule has 0 saturated carbocycles. The Morgan fingerprint density at radius 3 is 1.48 bits per heavy atom. The molecule has 0 atom stereocenters. The van der Waals surface area contributed by atoms with Crippen molar-refractivity contribution in [2.24, 2.45) is 0 Å². The number of hydrogen-bond acceptors (Lipinski definition) is 3. The third kappa shape index (κ3) is 3.60. The van der Waals surface area contributed by atoms with Gasteiger partial charge in [-0.05, 0) is 55.7 Å². The summed E-state index contributed by atoms with van der Waals surface area (Å²) in [6.07, 6.45) is 0. The van der Waals surface area contributed by atoms with Gasteiger partial charge >= 0.3 is 0 Å². The van der Waals surface area contributed by atoms with E-state index >= 15 is 0 Å². The summed E-state index contributed by atoms with van der Waals surface area (Å²) in [6.45, 7) is -4.66. The molecule has 3 heterocycles. The van der Waals surface area contributed by atoms with E-state index in [9.17, 15) is 10.5 Å². The number of nitrogens with zero attached hydrogens (tertiary/aromatic N) is 5. The molecule has 0 saturated heterocycles. The Bertz CT molecular complexity index is 2590. The molecule has 5 heteroatoms. The van der Waals surface area contributed by atoms with Gasteiger partial charge in [0.2, 0.25) is 0 Å². The number of nitriles is 2. The van der Waals surface area contributed by atoms with E-state index < -0.39 is 13.7 Å². The molecular formula is C39H25N5. The Morgan fingerprint density at radius 1 is 0.545 bits per heavy atom. The lowest BCUT2D eigenvalue weighted by molar-refractivity contribution is 1.00. The number of aromatic nitrogens is 3. The lowest BCUT2D eigenvalue weighted by atomic mass is 9.95. The minimum absolute atomic E-state index is 0.171. The first-order chi connectivity index (χ1) is 24.0. The molecule has 0 fully saturated rings. The van der Waals surface area contributed by atoms with Crippen molar-refractivity contribution in [2.75, 3.05) is 0 Å². The number of hydrogen-bond donors (Lipinski definition) is 0. The van der Waals surface area contributed by atoms with E-state index in [-0.39, 0.29) is 33.9 Å². The normalized spacial score (nSPS) is 14.0. The lowest BCUT2D eigenvalue weighted by Crippen LogP contribution is -2.11. The predicted octanol–water partition coefficient (Wildman–Crippen LogP) is 9.30. The molecule has 0 aliphatic heterocycles. The van der Waals surface area contributed by atoms with Crippen molar-refractivity contribution in [2.45, 2.75) is 13.7 Å². The van der Waals surface area contributed by atoms with Crippen LogP contribution in [-0.4, -0.2) is 14.1 Å². The maximum absolute atomic E-state index is 10.9. The van der Waals surface area contributed by atoms with Gasteiger partial charge in [0.25, 0.3) is 0 Å². The monoisotopic (exact) mass is 569 g/mol. The quantitative estimate of drug-likeness (QED) is 0.213. The Morgan fingerprint density at radius 2 is 1.00 bits per heavy atom. The van der Waals surface area contributed by atoms with Crippen LogP contribution < -0.4 is 0 Å². The predicted molar refractivity (Wildman–Crippen MR) is 177 cm³/mol. The van der Waals surface area contributed by atoms with Crippen LogP contribution in [0.3, 0.4) is 0 Å². The molecule has 5 nitrogen and oxygen atoms in total. The second kappa shape index (κ2) is 9.70. The second-order valence-corrected chi connectivity index (χ2v) is 10.6. The first-order valence-electron chi connectivity index (χ1n) is 17.0. The molecule has 8 rings (SSSR count). The van der Waals surface area contributed by atoms with Crippen LogP contribution in [0, 0.1) is 36.4 Å². The van der Waals surface area contributed by atoms with Gasteiger partial charge < -0.3 is 0 Å². The van der Waals surface area contributed by atoms with Gasteiger partial charge in [-0.25, -0.2) is 4.98 Å². The molecule has 0 aliphatic rings. The van der Waals surface area contributed by atoms with Crippen LogP contribution in [0.2, 0.25) is 0 Å². The van der Waals surface area contributed by atoms with E-state index in [2.05, 4.69) is 12.1 Å². The minimum Gasteiger partial charge on any atom is -0.293 e. The van der Waals surface area contributed by atoms with Crippen LogP contribution in [-0.2, 0) is 0 Å². The van der Waals surface area contributed by atoms with Gasteiger partial charge in [-0.15, -0.1) is 0 Å². The molecule has 0 aliphatic carbocycles. The third-order valence-corrected chi connectivity index (χ3v) is 8.21. The summed E-state index contributed by atoms with van der Waals surface area (Å²) in [5.74, 6) is 0.524. The van der Waals surface area contributed by atoms with E-state index in [0.29, 0.717) is 44.0 Å². The average Bonchev–Trinajstić information content (AvgIpc) is 3.62. The Labute approximate surface area is 262 Å². The van der Waals surface area contributed by atoms with Gasteiger partial charge in [-0.3, -0.25) is 9.13 Å². The number of rotatable bonds is 3. The van der Waals surface area contributed by atoms with E-state index in [1.54, 1.807) is 36.4 Å². The molecule has 0 unspecified atom stereocenters. The fraction of sp³-hybridized carbons (Fsp3) is 0.0513. The SMILES string of the molecule is [2H]C([2H])([2H])c1ccc2c(c1)c1ccccc1n2-c1nc(-n2c3ccccc3c3cc(C([2H])([2H])[2H])ccc32)c(C#N)c(-c2ccccc2)c1C#N. The van der Waals surface area contributed by atoms with Crippen LogP contribution in [0.1, 0.15) is 30.5 Å². The van der Waals surface area contributed by atoms with Crippen LogP contribution in [0.5, 0.6) is 0 Å². The molecule has 206 valence electrons. The highest BCUT2D eigenvalue weighted by Crippen LogP contribution is 2.40. The smallest absolute Gasteiger partial charge is 0.158 e. The number of para-hydroxylation sites is 2. The fourth-order valence-corrected chi connectivity index (χ4v) is 6.39. The van der Waals surface area contributed by atoms with E-state index in [1.165, 1.54) is 0 Å². The Balaban J connectivity index is 1.57. The lowest BCUT2D eigenvalue weighted by Gasteiger charge is -2.19. The summed E-state index contributed by atoms with van der Waals surface area (Å²) in [5.41, 5.74) is 4.44. The van der Waals surface area contributed by atoms with Crippen LogP contribution >= 0.6 is 0 Å². The zero-order valence-corrected chi connectivity index (χ0v) is 23.2. The van der Waals surface area contributed by atoms with Crippen molar-refractivity contribution in [1.82, 2.24) is 14.1 Å². The van der Waals surface area contributed by atoms with E-state index in [1.807, 2.05) is 88.0 Å². The summed E-state index contributed by atoms with van der Waals surface area (Å²) < 4.78 is 52.0. The maximum Gasteiger partial charge on any atom is 0.158 e. The van der Waals surface area contributed by atoms with Gasteiger partial charge in [0, 0.05) is 35.3 Å². The summed E-state index contributed by atoms with van der Waals surface area (Å²) >= 11 is 0.